The van der Waals surface area contributed by atoms with Crippen LogP contribution >= 0.6 is 0 Å². The van der Waals surface area contributed by atoms with Crippen LogP contribution in [-0.2, 0) is 54.3 Å². The minimum atomic E-state index is -1.27. The van der Waals surface area contributed by atoms with Crippen LogP contribution in [0.1, 0.15) is 186 Å². The summed E-state index contributed by atoms with van der Waals surface area (Å²) < 4.78 is 19.6. The van der Waals surface area contributed by atoms with Gasteiger partial charge in [-0.05, 0) is 104 Å². The fourth-order valence-corrected chi connectivity index (χ4v) is 4.16. The number of unbranched alkanes of at least 4 members (excludes halogenated alkanes) is 1. The average Bonchev–Trinajstić information content (AvgIpc) is 3.34. The molecule has 2 unspecified atom stereocenters. The predicted octanol–water partition coefficient (Wildman–Crippen LogP) is 7.59. The van der Waals surface area contributed by atoms with Gasteiger partial charge in [-0.15, -0.1) is 0 Å². The molecule has 2 N–H and O–H groups in total. The number of methoxy groups -OCH3 is 1. The fraction of sp³-hybridized carbons (Fsp3) is 0.673. The molecule has 0 fully saturated rings. The van der Waals surface area contributed by atoms with Crippen molar-refractivity contribution in [3.8, 4) is 0 Å². The second-order valence-corrected chi connectivity index (χ2v) is 19.0. The smallest absolute Gasteiger partial charge is 0.548 e. The fourth-order valence-electron chi connectivity index (χ4n) is 4.16. The summed E-state index contributed by atoms with van der Waals surface area (Å²) >= 11 is 0. The van der Waals surface area contributed by atoms with Gasteiger partial charge in [0.15, 0.2) is 0 Å². The molecule has 0 aliphatic carbocycles. The molecule has 2 atom stereocenters. The maximum absolute atomic E-state index is 11.6. The molecule has 0 aromatic heterocycles. The maximum Gasteiger partial charge on any atom is 1.00 e. The minimum absolute atomic E-state index is 0. The summed E-state index contributed by atoms with van der Waals surface area (Å²) in [6.45, 7) is 33.5. The van der Waals surface area contributed by atoms with E-state index in [0.717, 1.165) is 44.1 Å². The first kappa shape index (κ1) is 74.8. The van der Waals surface area contributed by atoms with Gasteiger partial charge >= 0.3 is 75.3 Å². The summed E-state index contributed by atoms with van der Waals surface area (Å²) in [4.78, 5) is 65.8. The van der Waals surface area contributed by atoms with Gasteiger partial charge in [0, 0.05) is 5.41 Å². The molecule has 0 saturated heterocycles. The Morgan fingerprint density at radius 3 is 1.41 bits per heavy atom. The van der Waals surface area contributed by atoms with Crippen LogP contribution in [0, 0.1) is 27.6 Å². The van der Waals surface area contributed by atoms with Crippen LogP contribution in [0.5, 0.6) is 0 Å². The molecule has 2 rings (SSSR count). The van der Waals surface area contributed by atoms with Gasteiger partial charge in [0.2, 0.25) is 5.91 Å². The summed E-state index contributed by atoms with van der Waals surface area (Å²) in [5.41, 5.74) is 0.858. The number of aliphatic hydroxyl groups excluding tert-OH is 1. The number of benzene rings is 2. The van der Waals surface area contributed by atoms with E-state index in [1.54, 1.807) is 13.8 Å². The number of aliphatic carboxylic acids is 1. The van der Waals surface area contributed by atoms with Gasteiger partial charge in [-0.1, -0.05) is 143 Å². The monoisotopic (exact) mass is 1000 g/mol. The molecule has 0 bridgehead atoms. The van der Waals surface area contributed by atoms with Crippen LogP contribution in [0.4, 0.5) is 0 Å². The Balaban J connectivity index is -0.000000239. The van der Waals surface area contributed by atoms with Crippen molar-refractivity contribution in [1.82, 2.24) is 5.32 Å². The molecular formula is C55H94KNO12. The van der Waals surface area contributed by atoms with Crippen molar-refractivity contribution < 1.29 is 109 Å². The number of rotatable bonds is 21. The summed E-state index contributed by atoms with van der Waals surface area (Å²) in [5.74, 6) is -1.31. The summed E-state index contributed by atoms with van der Waals surface area (Å²) in [7, 11) is 1.42. The van der Waals surface area contributed by atoms with E-state index in [2.05, 4.69) is 61.2 Å². The van der Waals surface area contributed by atoms with Crippen molar-refractivity contribution in [1.29, 1.82) is 0 Å². The standard InChI is InChI=1S/C13H18O2.C10H14.C9H18O2.C8H15NO3.C8H16O3.C7H14O2.K/c1-4-13(2,3)12(14)15-10-11-8-6-5-7-9-11;1-3-9(2)10-7-5-4-6-8-10;1-4-6-7-11-9(10)8(3)5-2;1-4-8(2,3)7(12)9-5-6(10)11;1-4-8(2,3)7(10)11-6-5-9;1-5-7(2,3)6(8)9-4;/h5-9H,4,10H2,1-3H3;4-9H,3H2,1-2H3;8H,4-7H2,1-3H3;4-5H2,1-3H3,(H,9,12)(H,10,11);9H,4-6H2,1-3H3;5H2,1-4H3;/q;;;;;;+1/p-1. The first-order valence-corrected chi connectivity index (χ1v) is 24.4. The number of hydrogen-bond acceptors (Lipinski definition) is 12. The number of amides is 1. The number of aliphatic hydroxyl groups is 1. The Labute approximate surface area is 461 Å². The van der Waals surface area contributed by atoms with E-state index >= 15 is 0 Å². The second-order valence-electron chi connectivity index (χ2n) is 19.0. The van der Waals surface area contributed by atoms with E-state index in [1.165, 1.54) is 19.1 Å². The van der Waals surface area contributed by atoms with Gasteiger partial charge in [0.05, 0.1) is 55.0 Å². The number of carbonyl (C=O) groups excluding carboxylic acids is 6. The number of carboxylic acid groups (broad SMARTS) is 1. The molecule has 0 heterocycles. The van der Waals surface area contributed by atoms with Crippen molar-refractivity contribution in [3.63, 3.8) is 0 Å². The molecule has 13 nitrogen and oxygen atoms in total. The first-order chi connectivity index (χ1) is 31.6. The van der Waals surface area contributed by atoms with Crippen LogP contribution in [0.2, 0.25) is 0 Å². The molecule has 0 saturated carbocycles. The van der Waals surface area contributed by atoms with Gasteiger partial charge in [-0.25, -0.2) is 0 Å². The van der Waals surface area contributed by atoms with Crippen LogP contribution in [-0.4, -0.2) is 74.3 Å². The predicted molar refractivity (Wildman–Crippen MR) is 271 cm³/mol. The zero-order valence-corrected chi connectivity index (χ0v) is 49.7. The van der Waals surface area contributed by atoms with Crippen molar-refractivity contribution in [2.75, 3.05) is 33.5 Å². The molecule has 1 amide bonds. The number of esters is 4. The van der Waals surface area contributed by atoms with Gasteiger partial charge < -0.3 is 39.3 Å². The molecule has 0 spiro atoms. The Bertz CT molecular complexity index is 1650. The maximum atomic E-state index is 11.6. The average molecular weight is 1000 g/mol. The third-order valence-electron chi connectivity index (χ3n) is 11.7. The van der Waals surface area contributed by atoms with Crippen molar-refractivity contribution in [2.45, 2.75) is 182 Å². The van der Waals surface area contributed by atoms with Gasteiger partial charge in [0.25, 0.3) is 0 Å². The van der Waals surface area contributed by atoms with Crippen molar-refractivity contribution in [3.05, 3.63) is 71.8 Å². The van der Waals surface area contributed by atoms with E-state index < -0.39 is 23.3 Å². The van der Waals surface area contributed by atoms with E-state index in [9.17, 15) is 33.9 Å². The topological polar surface area (TPSA) is 195 Å². The first-order valence-electron chi connectivity index (χ1n) is 24.4. The van der Waals surface area contributed by atoms with Crippen molar-refractivity contribution in [2.24, 2.45) is 27.6 Å². The van der Waals surface area contributed by atoms with E-state index in [4.69, 9.17) is 19.3 Å². The Morgan fingerprint density at radius 1 is 0.609 bits per heavy atom. The SMILES string of the molecule is CCC(C)(C)C(=O)NCC(=O)[O-].CCC(C)(C)C(=O)OC.CCC(C)(C)C(=O)OCCO.CCC(C)(C)C(=O)OCc1ccccc1.CCC(C)c1ccccc1.CCCCOC(=O)C(C)CC.[K+]. The van der Waals surface area contributed by atoms with Crippen molar-refractivity contribution >= 4 is 35.8 Å². The van der Waals surface area contributed by atoms with E-state index in [0.29, 0.717) is 25.6 Å². The number of nitrogens with one attached hydrogen (secondary N) is 1. The molecule has 0 aliphatic heterocycles. The molecular weight excluding hydrogens is 906 g/mol. The number of carbonyl (C=O) groups is 6. The summed E-state index contributed by atoms with van der Waals surface area (Å²) in [6, 6.07) is 20.4. The van der Waals surface area contributed by atoms with Crippen LogP contribution in [0.15, 0.2) is 60.7 Å². The van der Waals surface area contributed by atoms with Gasteiger partial charge in [0.1, 0.15) is 13.2 Å². The van der Waals surface area contributed by atoms with Gasteiger partial charge in [-0.3, -0.25) is 24.0 Å². The molecule has 2 aromatic carbocycles. The number of hydrogen-bond donors (Lipinski definition) is 2. The molecule has 2 aromatic rings. The van der Waals surface area contributed by atoms with Crippen LogP contribution in [0.3, 0.4) is 0 Å². The minimum Gasteiger partial charge on any atom is -0.548 e. The van der Waals surface area contributed by atoms with Crippen LogP contribution in [0.25, 0.3) is 0 Å². The van der Waals surface area contributed by atoms with E-state index in [1.807, 2.05) is 113 Å². The number of carboxylic acids is 1. The second kappa shape index (κ2) is 42.5. The quantitative estimate of drug-likeness (QED) is 0.0540. The third-order valence-corrected chi connectivity index (χ3v) is 11.7. The van der Waals surface area contributed by atoms with Gasteiger partial charge in [-0.2, -0.15) is 0 Å². The molecule has 0 radical (unpaired) electrons. The van der Waals surface area contributed by atoms with E-state index in [-0.39, 0.29) is 111 Å². The Kier molecular flexibility index (Phi) is 46.1. The Morgan fingerprint density at radius 2 is 1.04 bits per heavy atom. The third kappa shape index (κ3) is 38.2. The normalized spacial score (nSPS) is 11.5. The summed E-state index contributed by atoms with van der Waals surface area (Å²) in [5, 5.41) is 20.6. The summed E-state index contributed by atoms with van der Waals surface area (Å²) in [6.07, 6.45) is 7.17. The molecule has 69 heavy (non-hydrogen) atoms. The zero-order chi connectivity index (χ0) is 53.6. The molecule has 14 heteroatoms. The molecule has 0 aliphatic rings. The largest absolute Gasteiger partial charge is 1.00 e. The van der Waals surface area contributed by atoms with Crippen LogP contribution < -0.4 is 61.8 Å². The molecule has 392 valence electrons. The zero-order valence-electron chi connectivity index (χ0n) is 46.6. The number of ether oxygens (including phenoxy) is 4. The Hall–Kier alpha value is -3.14.